The molecule has 1 fully saturated rings. The second-order valence-electron chi connectivity index (χ2n) is 6.81. The van der Waals surface area contributed by atoms with Crippen LogP contribution in [0.4, 0.5) is 22.0 Å². The molecule has 1 saturated heterocycles. The van der Waals surface area contributed by atoms with Crippen molar-refractivity contribution < 1.29 is 26.7 Å². The Bertz CT molecular complexity index is 686. The summed E-state index contributed by atoms with van der Waals surface area (Å²) in [5.74, 6) is -3.16. The molecule has 0 aliphatic carbocycles. The number of nitrogens with zero attached hydrogens (tertiary/aromatic N) is 2. The lowest BCUT2D eigenvalue weighted by atomic mass is 9.98. The summed E-state index contributed by atoms with van der Waals surface area (Å²) in [6, 6.07) is 2.52. The smallest absolute Gasteiger partial charge is 0.337 e. The van der Waals surface area contributed by atoms with Gasteiger partial charge in [0.15, 0.2) is 0 Å². The van der Waals surface area contributed by atoms with E-state index >= 15 is 0 Å². The minimum absolute atomic E-state index is 0.00819. The van der Waals surface area contributed by atoms with Gasteiger partial charge in [0, 0.05) is 45.1 Å². The number of hydrogen-bond donors (Lipinski definition) is 0. The third-order valence-corrected chi connectivity index (χ3v) is 4.80. The fourth-order valence-corrected chi connectivity index (χ4v) is 3.49. The predicted molar refractivity (Wildman–Crippen MR) is 81.3 cm³/mol. The highest BCUT2D eigenvalue weighted by atomic mass is 19.4. The van der Waals surface area contributed by atoms with E-state index in [1.54, 1.807) is 4.90 Å². The summed E-state index contributed by atoms with van der Waals surface area (Å²) in [5.41, 5.74) is -0.420. The molecule has 0 unspecified atom stereocenters. The van der Waals surface area contributed by atoms with Crippen molar-refractivity contribution in [2.45, 2.75) is 44.5 Å². The van der Waals surface area contributed by atoms with Crippen molar-refractivity contribution >= 4 is 5.91 Å². The zero-order valence-electron chi connectivity index (χ0n) is 13.8. The molecule has 2 aliphatic heterocycles. The standard InChI is InChI=1S/C17H19F5N2O/c1-23-10-13-12(15(23)25)7-11(8-14(13)17(20,21)22)9-24-5-2-3-16(18,19)4-6-24/h7-8H,2-6,9-10H2,1H3. The molecule has 1 amide bonds. The molecule has 2 heterocycles. The van der Waals surface area contributed by atoms with E-state index < -0.39 is 23.6 Å². The highest BCUT2D eigenvalue weighted by molar-refractivity contribution is 5.98. The zero-order chi connectivity index (χ0) is 18.4. The van der Waals surface area contributed by atoms with Crippen LogP contribution in [0.15, 0.2) is 12.1 Å². The minimum Gasteiger partial charge on any atom is -0.337 e. The number of amides is 1. The van der Waals surface area contributed by atoms with E-state index in [-0.39, 0.29) is 43.6 Å². The van der Waals surface area contributed by atoms with Gasteiger partial charge in [0.25, 0.3) is 5.91 Å². The Morgan fingerprint density at radius 1 is 1.16 bits per heavy atom. The van der Waals surface area contributed by atoms with Crippen LogP contribution in [0.2, 0.25) is 0 Å². The predicted octanol–water partition coefficient (Wildman–Crippen LogP) is 3.91. The van der Waals surface area contributed by atoms with Crippen molar-refractivity contribution in [1.82, 2.24) is 9.80 Å². The van der Waals surface area contributed by atoms with Gasteiger partial charge in [-0.25, -0.2) is 8.78 Å². The van der Waals surface area contributed by atoms with E-state index in [2.05, 4.69) is 0 Å². The summed E-state index contributed by atoms with van der Waals surface area (Å²) in [4.78, 5) is 15.1. The van der Waals surface area contributed by atoms with Gasteiger partial charge in [-0.3, -0.25) is 9.69 Å². The Morgan fingerprint density at radius 3 is 2.56 bits per heavy atom. The van der Waals surface area contributed by atoms with Crippen molar-refractivity contribution in [3.63, 3.8) is 0 Å². The van der Waals surface area contributed by atoms with Gasteiger partial charge in [0.1, 0.15) is 0 Å². The second kappa shape index (κ2) is 6.23. The summed E-state index contributed by atoms with van der Waals surface area (Å²) < 4.78 is 67.0. The summed E-state index contributed by atoms with van der Waals surface area (Å²) in [6.07, 6.45) is -4.76. The lowest BCUT2D eigenvalue weighted by Gasteiger charge is -2.21. The van der Waals surface area contributed by atoms with Gasteiger partial charge in [-0.1, -0.05) is 0 Å². The van der Waals surface area contributed by atoms with Crippen molar-refractivity contribution in [2.75, 3.05) is 20.1 Å². The molecule has 1 aromatic rings. The first kappa shape index (κ1) is 18.1. The Morgan fingerprint density at radius 2 is 1.88 bits per heavy atom. The highest BCUT2D eigenvalue weighted by Gasteiger charge is 2.39. The average Bonchev–Trinajstić information content (AvgIpc) is 2.67. The molecule has 0 spiro atoms. The Balaban J connectivity index is 1.89. The number of hydrogen-bond acceptors (Lipinski definition) is 2. The SMILES string of the molecule is CN1Cc2c(cc(CN3CCCC(F)(F)CC3)cc2C(F)(F)F)C1=O. The van der Waals surface area contributed by atoms with Gasteiger partial charge >= 0.3 is 6.18 Å². The van der Waals surface area contributed by atoms with Gasteiger partial charge in [0.2, 0.25) is 5.92 Å². The topological polar surface area (TPSA) is 23.6 Å². The van der Waals surface area contributed by atoms with E-state index in [1.807, 2.05) is 0 Å². The van der Waals surface area contributed by atoms with Gasteiger partial charge in [-0.2, -0.15) is 13.2 Å². The average molecular weight is 362 g/mol. The molecule has 25 heavy (non-hydrogen) atoms. The first-order valence-corrected chi connectivity index (χ1v) is 8.15. The molecule has 2 aliphatic rings. The van der Waals surface area contributed by atoms with E-state index in [4.69, 9.17) is 0 Å². The van der Waals surface area contributed by atoms with Crippen LogP contribution in [0, 0.1) is 0 Å². The quantitative estimate of drug-likeness (QED) is 0.745. The fourth-order valence-electron chi connectivity index (χ4n) is 3.49. The fraction of sp³-hybridized carbons (Fsp3) is 0.588. The van der Waals surface area contributed by atoms with Crippen molar-refractivity contribution in [3.05, 3.63) is 34.4 Å². The van der Waals surface area contributed by atoms with Crippen LogP contribution < -0.4 is 0 Å². The van der Waals surface area contributed by atoms with Crippen molar-refractivity contribution in [3.8, 4) is 0 Å². The maximum atomic E-state index is 13.4. The molecule has 8 heteroatoms. The summed E-state index contributed by atoms with van der Waals surface area (Å²) in [7, 11) is 1.46. The number of halogens is 5. The normalized spacial score (nSPS) is 21.4. The summed E-state index contributed by atoms with van der Waals surface area (Å²) >= 11 is 0. The zero-order valence-corrected chi connectivity index (χ0v) is 13.8. The van der Waals surface area contributed by atoms with E-state index in [0.29, 0.717) is 18.5 Å². The number of benzene rings is 1. The van der Waals surface area contributed by atoms with Crippen LogP contribution in [-0.2, 0) is 19.3 Å². The molecule has 0 N–H and O–H groups in total. The molecule has 3 nitrogen and oxygen atoms in total. The molecule has 3 rings (SSSR count). The largest absolute Gasteiger partial charge is 0.416 e. The molecular weight excluding hydrogens is 343 g/mol. The highest BCUT2D eigenvalue weighted by Crippen LogP contribution is 2.38. The Labute approximate surface area is 142 Å². The summed E-state index contributed by atoms with van der Waals surface area (Å²) in [6.45, 7) is 0.587. The Hall–Kier alpha value is -1.70. The van der Waals surface area contributed by atoms with Gasteiger partial charge in [-0.05, 0) is 36.2 Å². The number of fused-ring (bicyclic) bond motifs is 1. The van der Waals surface area contributed by atoms with Gasteiger partial charge in [-0.15, -0.1) is 0 Å². The van der Waals surface area contributed by atoms with Crippen LogP contribution >= 0.6 is 0 Å². The van der Waals surface area contributed by atoms with E-state index in [0.717, 1.165) is 6.07 Å². The summed E-state index contributed by atoms with van der Waals surface area (Å²) in [5, 5.41) is 0. The van der Waals surface area contributed by atoms with Crippen LogP contribution in [0.25, 0.3) is 0 Å². The van der Waals surface area contributed by atoms with Crippen LogP contribution in [0.3, 0.4) is 0 Å². The molecule has 0 radical (unpaired) electrons. The van der Waals surface area contributed by atoms with E-state index in [1.165, 1.54) is 18.0 Å². The molecule has 0 bridgehead atoms. The van der Waals surface area contributed by atoms with Crippen LogP contribution in [-0.4, -0.2) is 41.8 Å². The number of rotatable bonds is 2. The molecule has 0 aromatic heterocycles. The van der Waals surface area contributed by atoms with Gasteiger partial charge < -0.3 is 4.90 Å². The minimum atomic E-state index is -4.56. The lowest BCUT2D eigenvalue weighted by molar-refractivity contribution is -0.138. The van der Waals surface area contributed by atoms with Crippen LogP contribution in [0.5, 0.6) is 0 Å². The molecular formula is C17H19F5N2O. The molecule has 138 valence electrons. The number of likely N-dealkylation sites (tertiary alicyclic amines) is 1. The van der Waals surface area contributed by atoms with Crippen LogP contribution in [0.1, 0.15) is 46.3 Å². The first-order valence-electron chi connectivity index (χ1n) is 8.15. The third-order valence-electron chi connectivity index (χ3n) is 4.80. The second-order valence-corrected chi connectivity index (χ2v) is 6.81. The molecule has 1 aromatic carbocycles. The number of carbonyl (C=O) groups excluding carboxylic acids is 1. The maximum Gasteiger partial charge on any atom is 0.416 e. The third kappa shape index (κ3) is 3.78. The molecule has 0 saturated carbocycles. The lowest BCUT2D eigenvalue weighted by Crippen LogP contribution is -2.26. The number of carbonyl (C=O) groups is 1. The van der Waals surface area contributed by atoms with Gasteiger partial charge in [0.05, 0.1) is 5.56 Å². The number of alkyl halides is 5. The first-order chi connectivity index (χ1) is 11.6. The molecule has 0 atom stereocenters. The monoisotopic (exact) mass is 362 g/mol. The van der Waals surface area contributed by atoms with E-state index in [9.17, 15) is 26.7 Å². The Kier molecular flexibility index (Phi) is 4.51. The van der Waals surface area contributed by atoms with Crippen molar-refractivity contribution in [2.24, 2.45) is 0 Å². The maximum absolute atomic E-state index is 13.4. The van der Waals surface area contributed by atoms with Crippen molar-refractivity contribution in [1.29, 1.82) is 0 Å².